The van der Waals surface area contributed by atoms with Gasteiger partial charge in [-0.25, -0.2) is 4.98 Å². The van der Waals surface area contributed by atoms with E-state index in [9.17, 15) is 0 Å². The minimum absolute atomic E-state index is 0. The summed E-state index contributed by atoms with van der Waals surface area (Å²) in [5.74, 6) is 0. The number of aromatic nitrogens is 3. The van der Waals surface area contributed by atoms with Crippen LogP contribution in [0.4, 0.5) is 0 Å². The fourth-order valence-electron chi connectivity index (χ4n) is 5.38. The van der Waals surface area contributed by atoms with Gasteiger partial charge in [-0.1, -0.05) is 65.0 Å². The Kier molecular flexibility index (Phi) is 8.66. The van der Waals surface area contributed by atoms with Gasteiger partial charge in [0.05, 0.1) is 5.58 Å². The van der Waals surface area contributed by atoms with Crippen LogP contribution >= 0.6 is 0 Å². The molecule has 0 atom stereocenters. The maximum Gasteiger partial charge on any atom is 0.216 e. The van der Waals surface area contributed by atoms with Gasteiger partial charge in [0.15, 0.2) is 0 Å². The summed E-state index contributed by atoms with van der Waals surface area (Å²) in [4.78, 5) is 13.5. The van der Waals surface area contributed by atoms with Crippen molar-refractivity contribution in [2.75, 3.05) is 0 Å². The van der Waals surface area contributed by atoms with Gasteiger partial charge in [0.25, 0.3) is 0 Å². The van der Waals surface area contributed by atoms with E-state index in [-0.39, 0.29) is 20.1 Å². The van der Waals surface area contributed by atoms with Crippen LogP contribution in [0.2, 0.25) is 0 Å². The van der Waals surface area contributed by atoms with Crippen molar-refractivity contribution in [3.63, 3.8) is 0 Å². The molecular weight excluding hydrogens is 731 g/mol. The topological polar surface area (TPSA) is 51.8 Å². The molecule has 4 nitrogen and oxygen atoms in total. The number of hydrogen-bond acceptors (Lipinski definition) is 4. The molecule has 0 fully saturated rings. The number of pyridine rings is 3. The Hall–Kier alpha value is -4.96. The molecule has 1 radical (unpaired) electrons. The Bertz CT molecular complexity index is 2260. The summed E-state index contributed by atoms with van der Waals surface area (Å²) in [5, 5.41) is 4.52. The van der Waals surface area contributed by atoms with Gasteiger partial charge in [0.1, 0.15) is 0 Å². The van der Waals surface area contributed by atoms with Gasteiger partial charge >= 0.3 is 0 Å². The van der Waals surface area contributed by atoms with E-state index in [0.29, 0.717) is 5.71 Å². The molecule has 4 heterocycles. The zero-order valence-electron chi connectivity index (χ0n) is 25.1. The van der Waals surface area contributed by atoms with Crippen molar-refractivity contribution >= 4 is 32.8 Å². The second-order valence-corrected chi connectivity index (χ2v) is 11.0. The van der Waals surface area contributed by atoms with E-state index < -0.39 is 0 Å². The summed E-state index contributed by atoms with van der Waals surface area (Å²) in [6.45, 7) is 6.12. The maximum absolute atomic E-state index is 6.15. The van der Waals surface area contributed by atoms with Crippen molar-refractivity contribution in [2.45, 2.75) is 20.8 Å². The summed E-state index contributed by atoms with van der Waals surface area (Å²) in [6, 6.07) is 43.7. The molecule has 0 saturated carbocycles. The number of furan rings is 1. The zero-order valence-corrected chi connectivity index (χ0v) is 27.5. The third kappa shape index (κ3) is 6.32. The van der Waals surface area contributed by atoms with Crippen LogP contribution in [0.3, 0.4) is 0 Å². The maximum atomic E-state index is 6.15. The number of hydrogen-bond donors (Lipinski definition) is 0. The monoisotopic (exact) mass is 760 g/mol. The van der Waals surface area contributed by atoms with Gasteiger partial charge in [-0.2, -0.15) is 0 Å². The fourth-order valence-corrected chi connectivity index (χ4v) is 5.38. The average Bonchev–Trinajstić information content (AvgIpc) is 3.43. The third-order valence-corrected chi connectivity index (χ3v) is 7.68. The largest absolute Gasteiger partial charge is 0.486 e. The summed E-state index contributed by atoms with van der Waals surface area (Å²) in [7, 11) is 0. The minimum atomic E-state index is 0. The van der Waals surface area contributed by atoms with Crippen LogP contribution in [0, 0.1) is 32.9 Å². The molecule has 221 valence electrons. The Morgan fingerprint density at radius 3 is 2.29 bits per heavy atom. The number of rotatable bonds is 3. The Balaban J connectivity index is 0.000000215. The molecule has 0 N–H and O–H groups in total. The van der Waals surface area contributed by atoms with Crippen LogP contribution in [0.5, 0.6) is 0 Å². The van der Waals surface area contributed by atoms with Crippen LogP contribution in [0.25, 0.3) is 66.5 Å². The van der Waals surface area contributed by atoms with E-state index in [0.717, 1.165) is 55.7 Å². The predicted molar refractivity (Wildman–Crippen MR) is 179 cm³/mol. The molecule has 0 aliphatic rings. The zero-order chi connectivity index (χ0) is 30.0. The first-order valence-corrected chi connectivity index (χ1v) is 14.6. The smallest absolute Gasteiger partial charge is 0.216 e. The van der Waals surface area contributed by atoms with Gasteiger partial charge in [-0.15, -0.1) is 54.1 Å². The molecule has 0 unspecified atom stereocenters. The molecule has 5 heteroatoms. The molecule has 8 aromatic rings. The molecule has 8 rings (SSSR count). The Labute approximate surface area is 276 Å². The van der Waals surface area contributed by atoms with E-state index in [1.807, 2.05) is 80.8 Å². The number of fused-ring (bicyclic) bond motifs is 4. The van der Waals surface area contributed by atoms with E-state index >= 15 is 0 Å². The van der Waals surface area contributed by atoms with Crippen molar-refractivity contribution in [1.29, 1.82) is 0 Å². The molecule has 4 aromatic carbocycles. The van der Waals surface area contributed by atoms with Crippen molar-refractivity contribution in [2.24, 2.45) is 0 Å². The number of nitrogens with zero attached hydrogens (tertiary/aromatic N) is 3. The molecule has 0 aliphatic heterocycles. The first-order chi connectivity index (χ1) is 21.5. The van der Waals surface area contributed by atoms with E-state index in [1.54, 1.807) is 0 Å². The molecule has 0 bridgehead atoms. The second-order valence-electron chi connectivity index (χ2n) is 11.0. The van der Waals surface area contributed by atoms with Crippen molar-refractivity contribution in [3.8, 4) is 33.6 Å². The van der Waals surface area contributed by atoms with Gasteiger partial charge in [0.2, 0.25) is 5.71 Å². The van der Waals surface area contributed by atoms with Crippen LogP contribution in [0.15, 0.2) is 126 Å². The fraction of sp³-hybridized carbons (Fsp3) is 0.0750. The van der Waals surface area contributed by atoms with E-state index in [2.05, 4.69) is 88.6 Å². The van der Waals surface area contributed by atoms with E-state index in [1.165, 1.54) is 21.9 Å². The standard InChI is InChI=1S/C28H19N2O.C12H10N.Ir/c1-17-6-8-19-9-10-20(15-22(19)14-17)21-12-13-29-26(16-21)25-5-3-4-23-24-11-7-18(2)30-28(24)31-27(23)25;1-10-7-8-12(13-9-10)11-5-3-2-4-6-11;/h3-4,6-16H,1-2H3;2-5,7-9H,1H3;/q2*-1;. The SMILES string of the molecule is Cc1ccc(-c2[c-]cccc2)nc1.Cc1ccc2ccc(-c3ccnc(-c4[c-]ccc5c4oc4nc(C)ccc45)c3)cc2c1.[Ir]. The Morgan fingerprint density at radius 1 is 0.622 bits per heavy atom. The number of aryl methyl sites for hydroxylation is 3. The van der Waals surface area contributed by atoms with Crippen molar-refractivity contribution in [3.05, 3.63) is 151 Å². The Morgan fingerprint density at radius 2 is 1.47 bits per heavy atom. The third-order valence-electron chi connectivity index (χ3n) is 7.68. The van der Waals surface area contributed by atoms with Gasteiger partial charge in [-0.05, 0) is 83.9 Å². The van der Waals surface area contributed by atoms with E-state index in [4.69, 9.17) is 4.42 Å². The summed E-state index contributed by atoms with van der Waals surface area (Å²) in [5.41, 5.74) is 10.8. The molecule has 0 spiro atoms. The van der Waals surface area contributed by atoms with Crippen molar-refractivity contribution < 1.29 is 24.5 Å². The van der Waals surface area contributed by atoms with Gasteiger partial charge < -0.3 is 14.4 Å². The molecule has 4 aromatic heterocycles. The molecule has 0 aliphatic carbocycles. The predicted octanol–water partition coefficient (Wildman–Crippen LogP) is 10.1. The average molecular weight is 760 g/mol. The van der Waals surface area contributed by atoms with Gasteiger partial charge in [0, 0.05) is 43.6 Å². The first-order valence-electron chi connectivity index (χ1n) is 14.6. The van der Waals surface area contributed by atoms with Crippen LogP contribution in [-0.2, 0) is 20.1 Å². The molecule has 0 amide bonds. The quantitative estimate of drug-likeness (QED) is 0.168. The molecule has 45 heavy (non-hydrogen) atoms. The molecular formula is C40H29IrN3O-2. The van der Waals surface area contributed by atoms with Crippen molar-refractivity contribution in [1.82, 2.24) is 15.0 Å². The van der Waals surface area contributed by atoms with Gasteiger partial charge in [-0.3, -0.25) is 0 Å². The second kappa shape index (κ2) is 13.0. The summed E-state index contributed by atoms with van der Waals surface area (Å²) in [6.07, 6.45) is 3.72. The minimum Gasteiger partial charge on any atom is -0.486 e. The van der Waals surface area contributed by atoms with Crippen LogP contribution in [0.1, 0.15) is 16.8 Å². The van der Waals surface area contributed by atoms with Crippen LogP contribution in [-0.4, -0.2) is 15.0 Å². The summed E-state index contributed by atoms with van der Waals surface area (Å²) >= 11 is 0. The molecule has 0 saturated heterocycles. The van der Waals surface area contributed by atoms with Crippen LogP contribution < -0.4 is 0 Å². The first kappa shape index (κ1) is 30.1. The summed E-state index contributed by atoms with van der Waals surface area (Å²) < 4.78 is 6.15. The normalized spacial score (nSPS) is 10.8. The number of benzene rings is 4.